The number of hydrogen-bond donors (Lipinski definition) is 1. The average Bonchev–Trinajstić information content (AvgIpc) is 2.59. The van der Waals surface area contributed by atoms with E-state index in [9.17, 15) is 12.8 Å². The predicted molar refractivity (Wildman–Crippen MR) is 103 cm³/mol. The molecule has 0 bridgehead atoms. The summed E-state index contributed by atoms with van der Waals surface area (Å²) < 4.78 is 46.4. The fourth-order valence-electron chi connectivity index (χ4n) is 2.07. The lowest BCUT2D eigenvalue weighted by Gasteiger charge is -2.13. The Morgan fingerprint density at radius 3 is 2.48 bits per heavy atom. The van der Waals surface area contributed by atoms with Gasteiger partial charge in [0.2, 0.25) is 5.88 Å². The minimum absolute atomic E-state index is 0.0298. The SMILES string of the molecule is O=S(=O)(Nc1cc(Cl)cnc1Oc1cccc(F)c1)c1ccc(Cl)c(Cl)c1. The third-order valence-corrected chi connectivity index (χ3v) is 5.58. The molecule has 140 valence electrons. The van der Waals surface area contributed by atoms with Crippen molar-refractivity contribution in [3.63, 3.8) is 0 Å². The number of rotatable bonds is 5. The smallest absolute Gasteiger partial charge is 0.262 e. The van der Waals surface area contributed by atoms with Gasteiger partial charge in [-0.1, -0.05) is 40.9 Å². The molecule has 0 saturated carbocycles. The number of pyridine rings is 1. The van der Waals surface area contributed by atoms with Crippen LogP contribution in [0.1, 0.15) is 0 Å². The number of anilines is 1. The van der Waals surface area contributed by atoms with Crippen LogP contribution in [-0.4, -0.2) is 13.4 Å². The third kappa shape index (κ3) is 4.81. The lowest BCUT2D eigenvalue weighted by atomic mass is 10.3. The van der Waals surface area contributed by atoms with Crippen molar-refractivity contribution in [2.75, 3.05) is 4.72 Å². The Morgan fingerprint density at radius 2 is 1.78 bits per heavy atom. The second-order valence-corrected chi connectivity index (χ2v) is 8.18. The van der Waals surface area contributed by atoms with E-state index in [4.69, 9.17) is 39.5 Å². The highest BCUT2D eigenvalue weighted by Gasteiger charge is 2.19. The quantitative estimate of drug-likeness (QED) is 0.539. The minimum atomic E-state index is -4.04. The van der Waals surface area contributed by atoms with E-state index in [1.807, 2.05) is 0 Å². The first-order valence-corrected chi connectivity index (χ1v) is 9.93. The van der Waals surface area contributed by atoms with Gasteiger partial charge in [0.05, 0.1) is 20.0 Å². The van der Waals surface area contributed by atoms with Crippen LogP contribution >= 0.6 is 34.8 Å². The van der Waals surface area contributed by atoms with Gasteiger partial charge in [-0.25, -0.2) is 17.8 Å². The average molecular weight is 448 g/mol. The second-order valence-electron chi connectivity index (χ2n) is 5.25. The summed E-state index contributed by atoms with van der Waals surface area (Å²) in [6.45, 7) is 0. The number of nitrogens with one attached hydrogen (secondary N) is 1. The molecular weight excluding hydrogens is 438 g/mol. The van der Waals surface area contributed by atoms with Crippen molar-refractivity contribution in [2.45, 2.75) is 4.90 Å². The number of ether oxygens (including phenoxy) is 1. The van der Waals surface area contributed by atoms with Crippen LogP contribution in [0.15, 0.2) is 59.6 Å². The zero-order valence-electron chi connectivity index (χ0n) is 13.3. The number of halogens is 4. The number of nitrogens with zero attached hydrogens (tertiary/aromatic N) is 1. The zero-order chi connectivity index (χ0) is 19.6. The highest BCUT2D eigenvalue weighted by atomic mass is 35.5. The van der Waals surface area contributed by atoms with Gasteiger partial charge in [-0.2, -0.15) is 0 Å². The first kappa shape index (κ1) is 19.7. The van der Waals surface area contributed by atoms with Gasteiger partial charge in [-0.3, -0.25) is 4.72 Å². The van der Waals surface area contributed by atoms with Gasteiger partial charge in [0, 0.05) is 12.3 Å². The van der Waals surface area contributed by atoms with E-state index in [2.05, 4.69) is 9.71 Å². The fourth-order valence-corrected chi connectivity index (χ4v) is 3.67. The van der Waals surface area contributed by atoms with Crippen LogP contribution < -0.4 is 9.46 Å². The van der Waals surface area contributed by atoms with Gasteiger partial charge < -0.3 is 4.74 Å². The molecule has 1 N–H and O–H groups in total. The van der Waals surface area contributed by atoms with Crippen LogP contribution in [0.5, 0.6) is 11.6 Å². The van der Waals surface area contributed by atoms with E-state index in [1.165, 1.54) is 48.7 Å². The van der Waals surface area contributed by atoms with Gasteiger partial charge in [-0.05, 0) is 36.4 Å². The molecule has 0 aliphatic carbocycles. The Hall–Kier alpha value is -2.06. The number of aromatic nitrogens is 1. The van der Waals surface area contributed by atoms with Crippen molar-refractivity contribution in [3.8, 4) is 11.6 Å². The van der Waals surface area contributed by atoms with Crippen LogP contribution in [-0.2, 0) is 10.0 Å². The summed E-state index contributed by atoms with van der Waals surface area (Å²) in [5.74, 6) is -0.479. The van der Waals surface area contributed by atoms with E-state index in [0.717, 1.165) is 6.07 Å². The molecule has 1 aromatic heterocycles. The highest BCUT2D eigenvalue weighted by molar-refractivity contribution is 7.92. The van der Waals surface area contributed by atoms with Crippen LogP contribution in [0.4, 0.5) is 10.1 Å². The van der Waals surface area contributed by atoms with E-state index >= 15 is 0 Å². The van der Waals surface area contributed by atoms with Crippen LogP contribution in [0, 0.1) is 5.82 Å². The van der Waals surface area contributed by atoms with Crippen LogP contribution in [0.25, 0.3) is 0 Å². The topological polar surface area (TPSA) is 68.3 Å². The molecule has 5 nitrogen and oxygen atoms in total. The molecule has 0 atom stereocenters. The summed E-state index contributed by atoms with van der Waals surface area (Å²) >= 11 is 17.6. The molecule has 0 aliphatic heterocycles. The molecule has 0 radical (unpaired) electrons. The van der Waals surface area contributed by atoms with Crippen molar-refractivity contribution in [2.24, 2.45) is 0 Å². The van der Waals surface area contributed by atoms with E-state index in [-0.39, 0.29) is 37.3 Å². The lowest BCUT2D eigenvalue weighted by molar-refractivity contribution is 0.460. The normalized spacial score (nSPS) is 11.3. The monoisotopic (exact) mass is 446 g/mol. The Bertz CT molecular complexity index is 1110. The Labute approximate surface area is 169 Å². The molecule has 2 aromatic carbocycles. The van der Waals surface area contributed by atoms with Crippen LogP contribution in [0.2, 0.25) is 15.1 Å². The maximum Gasteiger partial charge on any atom is 0.262 e. The summed E-state index contributed by atoms with van der Waals surface area (Å²) in [7, 11) is -4.04. The van der Waals surface area contributed by atoms with Gasteiger partial charge in [0.1, 0.15) is 17.3 Å². The fraction of sp³-hybridized carbons (Fsp3) is 0. The largest absolute Gasteiger partial charge is 0.437 e. The number of hydrogen-bond acceptors (Lipinski definition) is 4. The second kappa shape index (κ2) is 7.90. The predicted octanol–water partition coefficient (Wildman–Crippen LogP) is 5.77. The van der Waals surface area contributed by atoms with Gasteiger partial charge in [-0.15, -0.1) is 0 Å². The highest BCUT2D eigenvalue weighted by Crippen LogP contribution is 2.32. The Morgan fingerprint density at radius 1 is 1.00 bits per heavy atom. The van der Waals surface area contributed by atoms with Crippen molar-refractivity contribution in [1.82, 2.24) is 4.98 Å². The lowest BCUT2D eigenvalue weighted by Crippen LogP contribution is -2.14. The van der Waals surface area contributed by atoms with Crippen molar-refractivity contribution in [1.29, 1.82) is 0 Å². The first-order valence-electron chi connectivity index (χ1n) is 7.31. The van der Waals surface area contributed by atoms with E-state index < -0.39 is 15.8 Å². The van der Waals surface area contributed by atoms with E-state index in [0.29, 0.717) is 0 Å². The molecule has 0 unspecified atom stereocenters. The van der Waals surface area contributed by atoms with Gasteiger partial charge in [0.25, 0.3) is 10.0 Å². The summed E-state index contributed by atoms with van der Waals surface area (Å²) in [4.78, 5) is 3.84. The standard InChI is InChI=1S/C17H10Cl3FN2O3S/c18-10-6-16(17(22-9-10)26-12-3-1-2-11(21)7-12)23-27(24,25)13-4-5-14(19)15(20)8-13/h1-9,23H. The van der Waals surface area contributed by atoms with Crippen LogP contribution in [0.3, 0.4) is 0 Å². The third-order valence-electron chi connectivity index (χ3n) is 3.27. The molecule has 0 amide bonds. The van der Waals surface area contributed by atoms with Gasteiger partial charge >= 0.3 is 0 Å². The maximum absolute atomic E-state index is 13.3. The first-order chi connectivity index (χ1) is 12.7. The Kier molecular flexibility index (Phi) is 5.76. The zero-order valence-corrected chi connectivity index (χ0v) is 16.4. The van der Waals surface area contributed by atoms with E-state index in [1.54, 1.807) is 0 Å². The minimum Gasteiger partial charge on any atom is -0.437 e. The van der Waals surface area contributed by atoms with Crippen molar-refractivity contribution < 1.29 is 17.5 Å². The molecule has 0 aliphatic rings. The maximum atomic E-state index is 13.3. The van der Waals surface area contributed by atoms with Crippen molar-refractivity contribution >= 4 is 50.5 Å². The molecule has 0 fully saturated rings. The summed E-state index contributed by atoms with van der Waals surface area (Å²) in [5, 5.41) is 0.476. The van der Waals surface area contributed by atoms with Gasteiger partial charge in [0.15, 0.2) is 0 Å². The molecule has 0 saturated heterocycles. The number of sulfonamides is 1. The summed E-state index contributed by atoms with van der Waals surface area (Å²) in [6.07, 6.45) is 1.27. The molecule has 0 spiro atoms. The molecule has 3 rings (SSSR count). The summed E-state index contributed by atoms with van der Waals surface area (Å²) in [6, 6.07) is 10.5. The molecular formula is C17H10Cl3FN2O3S. The Balaban J connectivity index is 1.96. The van der Waals surface area contributed by atoms with Crippen molar-refractivity contribution in [3.05, 3.63) is 75.6 Å². The molecule has 3 aromatic rings. The molecule has 1 heterocycles. The molecule has 10 heteroatoms. The summed E-state index contributed by atoms with van der Waals surface area (Å²) in [5.41, 5.74) is -0.0298. The number of benzene rings is 2. The molecule has 27 heavy (non-hydrogen) atoms.